The molecule has 7 aliphatic carbocycles. The van der Waals surface area contributed by atoms with E-state index in [0.29, 0.717) is 128 Å². The van der Waals surface area contributed by atoms with Crippen LogP contribution in [0.25, 0.3) is 54.5 Å². The van der Waals surface area contributed by atoms with Crippen LogP contribution in [-0.2, 0) is 64.3 Å². The fourth-order valence-corrected chi connectivity index (χ4v) is 19.7. The summed E-state index contributed by atoms with van der Waals surface area (Å²) >= 11 is 0. The number of aromatic amines is 5. The molecule has 0 saturated heterocycles. The van der Waals surface area contributed by atoms with Gasteiger partial charge < -0.3 is 35.6 Å². The predicted octanol–water partition coefficient (Wildman–Crippen LogP) is 19.7. The molecule has 132 heavy (non-hydrogen) atoms. The largest absolute Gasteiger partial charge is 0.416 e. The Balaban J connectivity index is 0.000000121. The second-order valence-electron chi connectivity index (χ2n) is 35.8. The van der Waals surface area contributed by atoms with Crippen molar-refractivity contribution < 1.29 is 77.9 Å². The highest BCUT2D eigenvalue weighted by Crippen LogP contribution is 2.54. The molecule has 0 aliphatic heterocycles. The van der Waals surface area contributed by atoms with Gasteiger partial charge >= 0.3 is 18.5 Å². The number of allylic oxidation sites excluding steroid dienone is 6. The SMILES string of the molecule is CC(C)(C)c1cc2cc[nH]c2cc1NC(=O)c1c[nH]c2cnccc2c1=O.Cc1cc2c(cn1)CC=C(C(=O)Cc1cc3[nH]ccc3cc1C(F)(F)F)C2=O.O=C(CC1CCC2C(CCC2C(F)(F)F)C1)C1=CCc2cnccc2C1=O.O=C(Cc1cc2[nH]ccc2cc1C(F)(F)F)C1=CCc2cnccc2C1=O.O=C(NC1CCC2CCCC2C1)c1c[nH]c2ccncc2c1=O. The smallest absolute Gasteiger partial charge is 0.361 e. The number of anilines is 1. The lowest BCUT2D eigenvalue weighted by Crippen LogP contribution is -2.41. The Bertz CT molecular complexity index is 7000. The normalized spacial score (nSPS) is 19.2. The summed E-state index contributed by atoms with van der Waals surface area (Å²) in [6.45, 7) is 8.00. The van der Waals surface area contributed by atoms with E-state index in [-0.39, 0.29) is 109 Å². The van der Waals surface area contributed by atoms with Gasteiger partial charge in [0.05, 0.1) is 56.4 Å². The maximum atomic E-state index is 13.5. The van der Waals surface area contributed by atoms with Gasteiger partial charge in [-0.05, 0) is 247 Å². The summed E-state index contributed by atoms with van der Waals surface area (Å²) in [5.74, 6) is -3.02. The molecule has 678 valence electrons. The molecular weight excluding hydrogens is 1710 g/mol. The molecule has 10 aromatic heterocycles. The van der Waals surface area contributed by atoms with Gasteiger partial charge in [-0.25, -0.2) is 0 Å². The zero-order valence-corrected chi connectivity index (χ0v) is 72.2. The molecule has 2 amide bonds. The molecule has 7 aliphatic rings. The van der Waals surface area contributed by atoms with E-state index in [2.05, 4.69) is 87.3 Å². The quantitative estimate of drug-likeness (QED) is 0.0417. The standard InChI is InChI=1S/C21H15F3N2O2.C21H22F3NO2.C21H20N4O2.C20H13F3N2O2.C18H21N3O2/c1-11-6-16-13(10-26-11)2-3-15(20(16)28)19(27)9-14-8-18-12(4-5-25-18)7-17(14)21(22,23)24;22-21(23,24)18-6-3-13-9-12(1-4-15(13)18)10-19(26)17-5-2-14-11-25-8-7-16(14)20(17)27;1-21(2,3)15-8-12-4-7-23-16(12)9-17(15)25-20(27)14-10-24-18-11-22-6-5-13(18)19(14)26;21-20(22,23)16-7-11-3-6-25-17(11)8-13(16)9-18(26)15-2-1-12-10-24-5-4-14(12)19(15)27;22-17-14-9-19-7-6-16(14)20-10-15(17)18(23)21-13-5-4-11-2-1-3-12(11)8-13/h3-8,10,25H,2,9H2,1H3;5,7-8,11-13,15,18H,1-4,6,9-10H2;4-11,23H,1-3H3,(H,24,26)(H,25,27);2-8,10,25H,1,9H2;6-7,9-13H,1-5,8H2,(H,20,22)(H,21,23). The van der Waals surface area contributed by atoms with Gasteiger partial charge in [0, 0.05) is 156 Å². The molecule has 13 aromatic rings. The molecule has 3 aromatic carbocycles. The van der Waals surface area contributed by atoms with Crippen LogP contribution in [0.15, 0.2) is 216 Å². The first-order valence-corrected chi connectivity index (χ1v) is 43.7. The van der Waals surface area contributed by atoms with Crippen molar-refractivity contribution in [2.75, 3.05) is 5.32 Å². The second kappa shape index (κ2) is 37.5. The number of nitrogens with one attached hydrogen (secondary N) is 7. The monoisotopic (exact) mass is 1800 g/mol. The van der Waals surface area contributed by atoms with Gasteiger partial charge in [0.25, 0.3) is 11.8 Å². The zero-order valence-electron chi connectivity index (χ0n) is 72.2. The number of hydrogen-bond acceptors (Lipinski definition) is 15. The van der Waals surface area contributed by atoms with Crippen molar-refractivity contribution >= 4 is 107 Å². The third-order valence-electron chi connectivity index (χ3n) is 26.4. The van der Waals surface area contributed by atoms with Crippen LogP contribution in [0.3, 0.4) is 0 Å². The average molecular weight is 1800 g/mol. The number of fused-ring (bicyclic) bond motifs is 10. The summed E-state index contributed by atoms with van der Waals surface area (Å²) in [6, 6.07) is 22.0. The highest BCUT2D eigenvalue weighted by Gasteiger charge is 2.52. The number of nitrogens with zero attached hydrogens (tertiary/aromatic N) is 5. The Hall–Kier alpha value is -14.0. The van der Waals surface area contributed by atoms with E-state index in [9.17, 15) is 87.5 Å². The van der Waals surface area contributed by atoms with Crippen LogP contribution < -0.4 is 21.5 Å². The lowest BCUT2D eigenvalue weighted by Gasteiger charge is -2.35. The first kappa shape index (κ1) is 91.3. The van der Waals surface area contributed by atoms with E-state index < -0.39 is 77.5 Å². The van der Waals surface area contributed by atoms with E-state index in [1.165, 1.54) is 112 Å². The second-order valence-corrected chi connectivity index (χ2v) is 35.8. The zero-order chi connectivity index (χ0) is 93.4. The number of hydrogen-bond donors (Lipinski definition) is 7. The lowest BCUT2D eigenvalue weighted by molar-refractivity contribution is -0.187. The topological polar surface area (TPSA) is 338 Å². The average Bonchev–Trinajstić information content (AvgIpc) is 1.11. The van der Waals surface area contributed by atoms with Crippen LogP contribution in [-0.4, -0.2) is 109 Å². The molecule has 7 atom stereocenters. The number of ketones is 6. The van der Waals surface area contributed by atoms with Crippen LogP contribution in [0.1, 0.15) is 200 Å². The van der Waals surface area contributed by atoms with Crippen molar-refractivity contribution in [1.82, 2.24) is 55.2 Å². The maximum Gasteiger partial charge on any atom is 0.416 e. The number of amides is 2. The fourth-order valence-electron chi connectivity index (χ4n) is 19.7. The fraction of sp³-hybridized carbons (Fsp3) is 0.317. The van der Waals surface area contributed by atoms with Gasteiger partial charge in [-0.1, -0.05) is 58.3 Å². The Morgan fingerprint density at radius 3 is 1.53 bits per heavy atom. The third-order valence-corrected chi connectivity index (χ3v) is 26.4. The molecule has 10 heterocycles. The summed E-state index contributed by atoms with van der Waals surface area (Å²) in [7, 11) is 0. The first-order valence-electron chi connectivity index (χ1n) is 43.7. The molecule has 4 fully saturated rings. The number of pyridine rings is 7. The highest BCUT2D eigenvalue weighted by molar-refractivity contribution is 6.29. The number of carbonyl (C=O) groups excluding carboxylic acids is 8. The first-order chi connectivity index (χ1) is 63.0. The number of alkyl halides is 9. The minimum absolute atomic E-state index is 0.0611. The van der Waals surface area contributed by atoms with Gasteiger partial charge in [0.1, 0.15) is 11.1 Å². The number of benzene rings is 3. The van der Waals surface area contributed by atoms with Crippen LogP contribution in [0.4, 0.5) is 45.2 Å². The van der Waals surface area contributed by atoms with E-state index in [1.807, 2.05) is 18.3 Å². The number of aromatic nitrogens is 10. The number of Topliss-reactive ketones (excluding diaryl/α,β-unsaturated/α-hetero) is 6. The molecular formula is C101H91F9N12O10. The molecule has 20 rings (SSSR count). The molecule has 7 N–H and O–H groups in total. The maximum absolute atomic E-state index is 13.5. The highest BCUT2D eigenvalue weighted by atomic mass is 19.4. The number of H-pyrrole nitrogens is 5. The van der Waals surface area contributed by atoms with Gasteiger partial charge in [0.2, 0.25) is 10.9 Å². The number of halogens is 9. The Kier molecular flexibility index (Phi) is 25.9. The van der Waals surface area contributed by atoms with Crippen LogP contribution in [0.5, 0.6) is 0 Å². The summed E-state index contributed by atoms with van der Waals surface area (Å²) in [6.07, 6.45) is 23.6. The molecule has 0 bridgehead atoms. The predicted molar refractivity (Wildman–Crippen MR) is 478 cm³/mol. The van der Waals surface area contributed by atoms with Crippen molar-refractivity contribution in [2.24, 2.45) is 35.5 Å². The summed E-state index contributed by atoms with van der Waals surface area (Å²) in [5.41, 5.74) is 6.63. The van der Waals surface area contributed by atoms with Crippen LogP contribution in [0.2, 0.25) is 0 Å². The minimum atomic E-state index is -4.60. The molecule has 22 nitrogen and oxygen atoms in total. The summed E-state index contributed by atoms with van der Waals surface area (Å²) in [4.78, 5) is 161. The van der Waals surface area contributed by atoms with Gasteiger partial charge in [-0.3, -0.25) is 72.9 Å². The van der Waals surface area contributed by atoms with E-state index in [1.54, 1.807) is 74.4 Å². The molecule has 31 heteroatoms. The summed E-state index contributed by atoms with van der Waals surface area (Å²) < 4.78 is 120. The van der Waals surface area contributed by atoms with E-state index >= 15 is 0 Å². The third kappa shape index (κ3) is 19.7. The van der Waals surface area contributed by atoms with Crippen LogP contribution in [0, 0.1) is 42.4 Å². The Morgan fingerprint density at radius 1 is 0.447 bits per heavy atom. The van der Waals surface area contributed by atoms with Gasteiger partial charge in [-0.15, -0.1) is 0 Å². The van der Waals surface area contributed by atoms with Crippen molar-refractivity contribution in [1.29, 1.82) is 0 Å². The summed E-state index contributed by atoms with van der Waals surface area (Å²) in [5, 5.41) is 8.80. The Morgan fingerprint density at radius 2 is 0.947 bits per heavy atom. The minimum Gasteiger partial charge on any atom is -0.361 e. The van der Waals surface area contributed by atoms with Crippen molar-refractivity contribution in [2.45, 2.75) is 167 Å². The number of aryl methyl sites for hydroxylation is 1. The Labute approximate surface area is 748 Å². The van der Waals surface area contributed by atoms with Crippen molar-refractivity contribution in [3.05, 3.63) is 305 Å². The van der Waals surface area contributed by atoms with Crippen LogP contribution >= 0.6 is 0 Å². The molecule has 0 spiro atoms. The van der Waals surface area contributed by atoms with E-state index in [0.717, 1.165) is 58.8 Å². The molecule has 7 unspecified atom stereocenters. The number of carbonyl (C=O) groups is 8. The number of rotatable bonds is 13. The lowest BCUT2D eigenvalue weighted by atomic mass is 9.71. The van der Waals surface area contributed by atoms with E-state index in [4.69, 9.17) is 0 Å². The van der Waals surface area contributed by atoms with Gasteiger partial charge in [0.15, 0.2) is 34.7 Å². The van der Waals surface area contributed by atoms with Gasteiger partial charge in [-0.2, -0.15) is 39.5 Å². The molecule has 0 radical (unpaired) electrons. The van der Waals surface area contributed by atoms with Crippen molar-refractivity contribution in [3.63, 3.8) is 0 Å². The molecule has 4 saturated carbocycles. The van der Waals surface area contributed by atoms with Crippen molar-refractivity contribution in [3.8, 4) is 0 Å².